The third kappa shape index (κ3) is 9.12. The van der Waals surface area contributed by atoms with Crippen molar-refractivity contribution in [2.75, 3.05) is 46.3 Å². The fourth-order valence-electron chi connectivity index (χ4n) is 2.90. The highest BCUT2D eigenvalue weighted by Gasteiger charge is 2.16. The fourth-order valence-corrected chi connectivity index (χ4v) is 5.45. The van der Waals surface area contributed by atoms with Crippen LogP contribution in [-0.2, 0) is 10.0 Å². The Morgan fingerprint density at radius 1 is 1.25 bits per heavy atom. The minimum Gasteiger partial charge on any atom is -0.356 e. The summed E-state index contributed by atoms with van der Waals surface area (Å²) in [6, 6.07) is 3.08. The number of hydrogen-bond donors (Lipinski definition) is 3. The van der Waals surface area contributed by atoms with Gasteiger partial charge in [0.25, 0.3) is 0 Å². The van der Waals surface area contributed by atoms with Gasteiger partial charge in [-0.2, -0.15) is 0 Å². The molecule has 0 radical (unpaired) electrons. The number of sulfonamides is 1. The van der Waals surface area contributed by atoms with Crippen LogP contribution in [0.3, 0.4) is 0 Å². The molecule has 0 aromatic carbocycles. The average molecular weight is 564 g/mol. The highest BCUT2D eigenvalue weighted by molar-refractivity contribution is 14.0. The van der Waals surface area contributed by atoms with E-state index in [1.54, 1.807) is 13.1 Å². The number of hydrogen-bond acceptors (Lipinski definition) is 5. The number of piperidine rings is 1. The summed E-state index contributed by atoms with van der Waals surface area (Å²) < 4.78 is 27.4. The molecule has 1 fully saturated rings. The molecule has 0 unspecified atom stereocenters. The Balaban J connectivity index is 0.00000392. The van der Waals surface area contributed by atoms with Gasteiger partial charge in [0.15, 0.2) is 5.96 Å². The predicted octanol–water partition coefficient (Wildman–Crippen LogP) is 2.58. The lowest BCUT2D eigenvalue weighted by Gasteiger charge is -2.30. The van der Waals surface area contributed by atoms with E-state index in [0.717, 1.165) is 36.8 Å². The van der Waals surface area contributed by atoms with Crippen LogP contribution in [0.25, 0.3) is 0 Å². The quantitative estimate of drug-likeness (QED) is 0.186. The second-order valence-corrected chi connectivity index (χ2v) is 10.5. The zero-order valence-electron chi connectivity index (χ0n) is 16.4. The van der Waals surface area contributed by atoms with Gasteiger partial charge in [-0.3, -0.25) is 4.99 Å². The Labute approximate surface area is 194 Å². The average Bonchev–Trinajstić information content (AvgIpc) is 3.09. The number of aliphatic imine (C=N–C) groups is 1. The molecule has 3 N–H and O–H groups in total. The first-order chi connectivity index (χ1) is 12.9. The first-order valence-corrected chi connectivity index (χ1v) is 12.0. The first-order valence-electron chi connectivity index (χ1n) is 9.32. The second-order valence-electron chi connectivity index (χ2n) is 6.76. The van der Waals surface area contributed by atoms with Crippen LogP contribution in [-0.4, -0.2) is 65.6 Å². The van der Waals surface area contributed by atoms with Crippen molar-refractivity contribution >= 4 is 62.9 Å². The maximum absolute atomic E-state index is 12.1. The van der Waals surface area contributed by atoms with Crippen molar-refractivity contribution in [2.24, 2.45) is 10.9 Å². The SMILES string of the molecule is CN=C(NCCCN1CCC(C)CC1)NCCNS(=O)(=O)c1ccc(Cl)s1.I. The monoisotopic (exact) mass is 563 g/mol. The van der Waals surface area contributed by atoms with Crippen LogP contribution in [0.1, 0.15) is 26.2 Å². The molecule has 7 nitrogen and oxygen atoms in total. The maximum Gasteiger partial charge on any atom is 0.250 e. The third-order valence-electron chi connectivity index (χ3n) is 4.57. The van der Waals surface area contributed by atoms with Crippen molar-refractivity contribution in [1.29, 1.82) is 0 Å². The summed E-state index contributed by atoms with van der Waals surface area (Å²) in [5, 5.41) is 6.39. The van der Waals surface area contributed by atoms with Crippen LogP contribution in [0, 0.1) is 5.92 Å². The zero-order chi connectivity index (χ0) is 19.7. The van der Waals surface area contributed by atoms with Gasteiger partial charge in [-0.15, -0.1) is 35.3 Å². The van der Waals surface area contributed by atoms with Crippen molar-refractivity contribution in [2.45, 2.75) is 30.4 Å². The summed E-state index contributed by atoms with van der Waals surface area (Å²) in [6.45, 7) is 7.37. The number of guanidine groups is 1. The van der Waals surface area contributed by atoms with Crippen molar-refractivity contribution in [1.82, 2.24) is 20.3 Å². The molecule has 0 bridgehead atoms. The third-order valence-corrected chi connectivity index (χ3v) is 7.75. The molecule has 11 heteroatoms. The Bertz CT molecular complexity index is 706. The molecule has 0 saturated carbocycles. The Morgan fingerprint density at radius 2 is 1.93 bits per heavy atom. The van der Waals surface area contributed by atoms with Gasteiger partial charge >= 0.3 is 0 Å². The van der Waals surface area contributed by atoms with Gasteiger partial charge in [0.1, 0.15) is 4.21 Å². The Morgan fingerprint density at radius 3 is 2.54 bits per heavy atom. The molecule has 1 aromatic rings. The Hall–Kier alpha value is -0.140. The number of halogens is 2. The van der Waals surface area contributed by atoms with E-state index in [-0.39, 0.29) is 34.7 Å². The predicted molar refractivity (Wildman–Crippen MR) is 129 cm³/mol. The van der Waals surface area contributed by atoms with E-state index >= 15 is 0 Å². The minimum atomic E-state index is -3.50. The summed E-state index contributed by atoms with van der Waals surface area (Å²) in [7, 11) is -1.80. The molecule has 0 spiro atoms. The highest BCUT2D eigenvalue weighted by atomic mass is 127. The summed E-state index contributed by atoms with van der Waals surface area (Å²) in [5.41, 5.74) is 0. The van der Waals surface area contributed by atoms with Crippen LogP contribution in [0.4, 0.5) is 0 Å². The summed E-state index contributed by atoms with van der Waals surface area (Å²) >= 11 is 6.83. The molecule has 162 valence electrons. The molecule has 28 heavy (non-hydrogen) atoms. The summed E-state index contributed by atoms with van der Waals surface area (Å²) in [6.07, 6.45) is 3.65. The lowest BCUT2D eigenvalue weighted by atomic mass is 9.99. The molecular formula is C17H31ClIN5O2S2. The fraction of sp³-hybridized carbons (Fsp3) is 0.706. The lowest BCUT2D eigenvalue weighted by Crippen LogP contribution is -2.42. The van der Waals surface area contributed by atoms with E-state index in [4.69, 9.17) is 11.6 Å². The highest BCUT2D eigenvalue weighted by Crippen LogP contribution is 2.25. The molecule has 0 atom stereocenters. The topological polar surface area (TPSA) is 85.8 Å². The van der Waals surface area contributed by atoms with Gasteiger partial charge < -0.3 is 15.5 Å². The van der Waals surface area contributed by atoms with E-state index in [2.05, 4.69) is 32.2 Å². The van der Waals surface area contributed by atoms with E-state index in [0.29, 0.717) is 16.8 Å². The van der Waals surface area contributed by atoms with Crippen LogP contribution in [0.5, 0.6) is 0 Å². The standard InChI is InChI=1S/C17H30ClN5O2S2.HI/c1-14-6-12-23(13-7-14)11-3-8-20-17(19-2)21-9-10-22-27(24,25)16-5-4-15(18)26-16;/h4-5,14,22H,3,6-13H2,1-2H3,(H2,19,20,21);1H. The van der Waals surface area contributed by atoms with Crippen LogP contribution >= 0.6 is 46.9 Å². The lowest BCUT2D eigenvalue weighted by molar-refractivity contribution is 0.191. The maximum atomic E-state index is 12.1. The number of nitrogens with one attached hydrogen (secondary N) is 3. The van der Waals surface area contributed by atoms with E-state index < -0.39 is 10.0 Å². The molecule has 1 aliphatic heterocycles. The van der Waals surface area contributed by atoms with E-state index in [1.807, 2.05) is 0 Å². The molecular weight excluding hydrogens is 533 g/mol. The van der Waals surface area contributed by atoms with Gasteiger partial charge in [0, 0.05) is 26.7 Å². The molecule has 1 aromatic heterocycles. The largest absolute Gasteiger partial charge is 0.356 e. The number of nitrogens with zero attached hydrogens (tertiary/aromatic N) is 2. The zero-order valence-corrected chi connectivity index (χ0v) is 21.1. The molecule has 1 aliphatic rings. The van der Waals surface area contributed by atoms with Gasteiger partial charge in [0.05, 0.1) is 4.34 Å². The van der Waals surface area contributed by atoms with Crippen molar-refractivity contribution < 1.29 is 8.42 Å². The van der Waals surface area contributed by atoms with Crippen LogP contribution < -0.4 is 15.4 Å². The van der Waals surface area contributed by atoms with Crippen molar-refractivity contribution in [3.63, 3.8) is 0 Å². The van der Waals surface area contributed by atoms with Gasteiger partial charge in [-0.05, 0) is 56.9 Å². The van der Waals surface area contributed by atoms with E-state index in [1.165, 1.54) is 32.0 Å². The van der Waals surface area contributed by atoms with Crippen LogP contribution in [0.15, 0.2) is 21.3 Å². The molecule has 0 aliphatic carbocycles. The van der Waals surface area contributed by atoms with Gasteiger partial charge in [0.2, 0.25) is 10.0 Å². The normalized spacial score (nSPS) is 16.6. The number of thiophene rings is 1. The molecule has 1 saturated heterocycles. The van der Waals surface area contributed by atoms with Gasteiger partial charge in [-0.1, -0.05) is 18.5 Å². The second kappa shape index (κ2) is 13.2. The van der Waals surface area contributed by atoms with Crippen molar-refractivity contribution in [3.05, 3.63) is 16.5 Å². The minimum absolute atomic E-state index is 0. The van der Waals surface area contributed by atoms with Crippen molar-refractivity contribution in [3.8, 4) is 0 Å². The summed E-state index contributed by atoms with van der Waals surface area (Å²) in [4.78, 5) is 6.68. The molecule has 0 amide bonds. The summed E-state index contributed by atoms with van der Waals surface area (Å²) in [5.74, 6) is 1.54. The van der Waals surface area contributed by atoms with Gasteiger partial charge in [-0.25, -0.2) is 13.1 Å². The molecule has 2 rings (SSSR count). The smallest absolute Gasteiger partial charge is 0.250 e. The number of rotatable bonds is 9. The van der Waals surface area contributed by atoms with E-state index in [9.17, 15) is 8.42 Å². The Kier molecular flexibility index (Phi) is 12.2. The first kappa shape index (κ1) is 25.9. The number of likely N-dealkylation sites (tertiary alicyclic amines) is 1. The van der Waals surface area contributed by atoms with Crippen LogP contribution in [0.2, 0.25) is 4.34 Å². The molecule has 2 heterocycles.